The number of hydrogen-bond donors (Lipinski definition) is 1. The summed E-state index contributed by atoms with van der Waals surface area (Å²) in [5.74, 6) is 2.25. The lowest BCUT2D eigenvalue weighted by atomic mass is 10.1. The first-order valence-corrected chi connectivity index (χ1v) is 5.81. The molecule has 88 valence electrons. The highest BCUT2D eigenvalue weighted by Gasteiger charge is 2.31. The third-order valence-electron chi connectivity index (χ3n) is 3.10. The van der Waals surface area contributed by atoms with Crippen molar-refractivity contribution in [2.75, 3.05) is 6.54 Å². The molecule has 18 heavy (non-hydrogen) atoms. The van der Waals surface area contributed by atoms with Gasteiger partial charge in [0.1, 0.15) is 18.5 Å². The van der Waals surface area contributed by atoms with Crippen LogP contribution in [0.1, 0.15) is 6.42 Å². The summed E-state index contributed by atoms with van der Waals surface area (Å²) < 4.78 is 0. The van der Waals surface area contributed by atoms with Crippen molar-refractivity contribution in [2.45, 2.75) is 6.42 Å². The average molecular weight is 238 g/mol. The van der Waals surface area contributed by atoms with Gasteiger partial charge >= 0.3 is 0 Å². The molecule has 0 aromatic heterocycles. The summed E-state index contributed by atoms with van der Waals surface area (Å²) in [5.41, 5.74) is 2.18. The first kappa shape index (κ1) is 9.52. The van der Waals surface area contributed by atoms with Gasteiger partial charge < -0.3 is 5.32 Å². The van der Waals surface area contributed by atoms with E-state index >= 15 is 0 Å². The molecule has 0 amide bonds. The van der Waals surface area contributed by atoms with Crippen molar-refractivity contribution in [1.82, 2.24) is 10.2 Å². The van der Waals surface area contributed by atoms with Gasteiger partial charge in [0.05, 0.1) is 0 Å². The summed E-state index contributed by atoms with van der Waals surface area (Å²) >= 11 is 0. The number of allylic oxidation sites excluding steroid dienone is 2. The van der Waals surface area contributed by atoms with Crippen LogP contribution >= 0.6 is 0 Å². The second-order valence-corrected chi connectivity index (χ2v) is 4.14. The highest BCUT2D eigenvalue weighted by molar-refractivity contribution is 6.20. The number of aliphatic imine (C=N–C) groups is 4. The summed E-state index contributed by atoms with van der Waals surface area (Å²) in [6, 6.07) is 0. The summed E-state index contributed by atoms with van der Waals surface area (Å²) in [5, 5.41) is 3.36. The summed E-state index contributed by atoms with van der Waals surface area (Å²) in [6.07, 6.45) is 10.3. The van der Waals surface area contributed by atoms with Crippen molar-refractivity contribution in [1.29, 1.82) is 0 Å². The molecule has 0 fully saturated rings. The Morgan fingerprint density at radius 2 is 2.06 bits per heavy atom. The van der Waals surface area contributed by atoms with Crippen LogP contribution in [0.15, 0.2) is 55.3 Å². The predicted octanol–water partition coefficient (Wildman–Crippen LogP) is 0.785. The molecule has 0 atom stereocenters. The van der Waals surface area contributed by atoms with Crippen LogP contribution in [-0.2, 0) is 0 Å². The second kappa shape index (κ2) is 3.49. The van der Waals surface area contributed by atoms with Gasteiger partial charge in [-0.1, -0.05) is 6.08 Å². The number of rotatable bonds is 1. The summed E-state index contributed by atoms with van der Waals surface area (Å²) in [6.45, 7) is 0.976. The van der Waals surface area contributed by atoms with Gasteiger partial charge in [-0.3, -0.25) is 0 Å². The van der Waals surface area contributed by atoms with E-state index in [-0.39, 0.29) is 0 Å². The zero-order valence-corrected chi connectivity index (χ0v) is 9.54. The molecular weight excluding hydrogens is 228 g/mol. The van der Waals surface area contributed by atoms with Gasteiger partial charge in [-0.05, 0) is 18.6 Å². The van der Waals surface area contributed by atoms with Crippen molar-refractivity contribution in [3.05, 3.63) is 35.3 Å². The van der Waals surface area contributed by atoms with Crippen LogP contribution in [0.4, 0.5) is 0 Å². The smallest absolute Gasteiger partial charge is 0.240 e. The van der Waals surface area contributed by atoms with Crippen molar-refractivity contribution in [3.63, 3.8) is 0 Å². The SMILES string of the molecule is C1=NC2=CC=C(C3=CCCN3)C3=NC=NC(=N1)N23. The van der Waals surface area contributed by atoms with E-state index in [4.69, 9.17) is 0 Å². The Balaban J connectivity index is 1.87. The fourth-order valence-corrected chi connectivity index (χ4v) is 2.30. The normalized spacial score (nSPS) is 23.6. The zero-order valence-electron chi connectivity index (χ0n) is 9.54. The lowest BCUT2D eigenvalue weighted by molar-refractivity contribution is 0.707. The van der Waals surface area contributed by atoms with E-state index in [2.05, 4.69) is 31.4 Å². The molecule has 1 N–H and O–H groups in total. The van der Waals surface area contributed by atoms with Crippen LogP contribution in [0.3, 0.4) is 0 Å². The molecule has 4 aliphatic heterocycles. The zero-order chi connectivity index (χ0) is 11.9. The highest BCUT2D eigenvalue weighted by Crippen LogP contribution is 2.27. The lowest BCUT2D eigenvalue weighted by Gasteiger charge is -2.31. The molecule has 0 saturated heterocycles. The van der Waals surface area contributed by atoms with Crippen LogP contribution in [0.5, 0.6) is 0 Å². The number of hydrogen-bond acceptors (Lipinski definition) is 6. The molecule has 0 aromatic rings. The van der Waals surface area contributed by atoms with Crippen molar-refractivity contribution < 1.29 is 0 Å². The number of nitrogens with zero attached hydrogens (tertiary/aromatic N) is 5. The topological polar surface area (TPSA) is 64.7 Å². The average Bonchev–Trinajstić information content (AvgIpc) is 2.94. The fourth-order valence-electron chi connectivity index (χ4n) is 2.30. The van der Waals surface area contributed by atoms with Gasteiger partial charge in [0, 0.05) is 17.8 Å². The molecule has 4 heterocycles. The maximum Gasteiger partial charge on any atom is 0.240 e. The first-order chi connectivity index (χ1) is 8.93. The van der Waals surface area contributed by atoms with Crippen LogP contribution in [-0.4, -0.2) is 35.9 Å². The van der Waals surface area contributed by atoms with Gasteiger partial charge in [-0.2, -0.15) is 0 Å². The Bertz CT molecular complexity index is 629. The van der Waals surface area contributed by atoms with E-state index in [0.717, 1.165) is 35.9 Å². The van der Waals surface area contributed by atoms with E-state index in [9.17, 15) is 0 Å². The summed E-state index contributed by atoms with van der Waals surface area (Å²) in [7, 11) is 0. The van der Waals surface area contributed by atoms with Crippen LogP contribution in [0.2, 0.25) is 0 Å². The quantitative estimate of drug-likeness (QED) is 0.733. The molecule has 0 unspecified atom stereocenters. The molecule has 0 aromatic carbocycles. The van der Waals surface area contributed by atoms with Crippen LogP contribution in [0.25, 0.3) is 0 Å². The minimum Gasteiger partial charge on any atom is -0.384 e. The molecule has 0 aliphatic carbocycles. The van der Waals surface area contributed by atoms with Gasteiger partial charge in [0.15, 0.2) is 5.84 Å². The molecule has 4 aliphatic rings. The van der Waals surface area contributed by atoms with Gasteiger partial charge in [-0.15, -0.1) is 0 Å². The maximum atomic E-state index is 4.37. The first-order valence-electron chi connectivity index (χ1n) is 5.81. The molecule has 0 bridgehead atoms. The van der Waals surface area contributed by atoms with Crippen molar-refractivity contribution >= 4 is 24.5 Å². The minimum atomic E-state index is 0.616. The second-order valence-electron chi connectivity index (χ2n) is 4.14. The molecule has 6 heteroatoms. The van der Waals surface area contributed by atoms with E-state index < -0.39 is 0 Å². The Morgan fingerprint density at radius 3 is 2.94 bits per heavy atom. The van der Waals surface area contributed by atoms with Crippen molar-refractivity contribution in [2.24, 2.45) is 20.0 Å². The van der Waals surface area contributed by atoms with Gasteiger partial charge in [0.25, 0.3) is 0 Å². The van der Waals surface area contributed by atoms with Gasteiger partial charge in [-0.25, -0.2) is 24.9 Å². The van der Waals surface area contributed by atoms with E-state index in [0.29, 0.717) is 5.96 Å². The minimum absolute atomic E-state index is 0.616. The Morgan fingerprint density at radius 1 is 1.11 bits per heavy atom. The third kappa shape index (κ3) is 1.22. The van der Waals surface area contributed by atoms with Crippen LogP contribution < -0.4 is 5.32 Å². The highest BCUT2D eigenvalue weighted by atomic mass is 15.4. The van der Waals surface area contributed by atoms with E-state index in [1.165, 1.54) is 12.7 Å². The Kier molecular flexibility index (Phi) is 1.85. The molecular formula is C12H10N6. The Labute approximate surface area is 104 Å². The molecule has 4 rings (SSSR count). The fraction of sp³-hybridized carbons (Fsp3) is 0.167. The lowest BCUT2D eigenvalue weighted by Crippen LogP contribution is -2.42. The molecule has 0 spiro atoms. The number of amidine groups is 1. The largest absolute Gasteiger partial charge is 0.384 e. The molecule has 0 saturated carbocycles. The number of guanidine groups is 1. The maximum absolute atomic E-state index is 4.37. The van der Waals surface area contributed by atoms with Crippen LogP contribution in [0, 0.1) is 0 Å². The monoisotopic (exact) mass is 238 g/mol. The van der Waals surface area contributed by atoms with Gasteiger partial charge in [0.2, 0.25) is 5.96 Å². The van der Waals surface area contributed by atoms with E-state index in [1.54, 1.807) is 0 Å². The standard InChI is InChI=1S/C12H10N6/c1-2-9(13-5-1)8-3-4-10-14-6-16-12-17-7-15-11(8)18(10)12/h2-4,6-7,13H,1,5H2. The predicted molar refractivity (Wildman–Crippen MR) is 70.6 cm³/mol. The number of nitrogens with one attached hydrogen (secondary N) is 1. The summed E-state index contributed by atoms with van der Waals surface area (Å²) in [4.78, 5) is 18.8. The van der Waals surface area contributed by atoms with Crippen molar-refractivity contribution in [3.8, 4) is 0 Å². The molecule has 0 radical (unpaired) electrons. The van der Waals surface area contributed by atoms with E-state index in [1.807, 2.05) is 17.1 Å². The Hall–Kier alpha value is -2.50. The molecule has 6 nitrogen and oxygen atoms in total. The third-order valence-corrected chi connectivity index (χ3v) is 3.10.